The van der Waals surface area contributed by atoms with Crippen LogP contribution in [0.2, 0.25) is 0 Å². The van der Waals surface area contributed by atoms with Gasteiger partial charge in [0.15, 0.2) is 0 Å². The predicted molar refractivity (Wildman–Crippen MR) is 84.5 cm³/mol. The zero-order valence-electron chi connectivity index (χ0n) is 12.0. The van der Waals surface area contributed by atoms with Crippen molar-refractivity contribution in [1.82, 2.24) is 9.88 Å². The van der Waals surface area contributed by atoms with Gasteiger partial charge in [0.25, 0.3) is 5.91 Å². The molecule has 1 aliphatic rings. The third kappa shape index (κ3) is 2.87. The molecule has 0 saturated carbocycles. The van der Waals surface area contributed by atoms with E-state index in [2.05, 4.69) is 4.98 Å². The predicted octanol–water partition coefficient (Wildman–Crippen LogP) is 2.38. The van der Waals surface area contributed by atoms with Crippen LogP contribution in [0, 0.1) is 5.92 Å². The first-order valence-electron chi connectivity index (χ1n) is 7.12. The van der Waals surface area contributed by atoms with E-state index >= 15 is 0 Å². The van der Waals surface area contributed by atoms with E-state index in [1.807, 2.05) is 13.1 Å². The van der Waals surface area contributed by atoms with Crippen molar-refractivity contribution >= 4 is 33.0 Å². The highest BCUT2D eigenvalue weighted by Crippen LogP contribution is 2.33. The molecular weight excluding hydrogens is 286 g/mol. The zero-order valence-corrected chi connectivity index (χ0v) is 12.9. The molecule has 5 nitrogen and oxygen atoms in total. The van der Waals surface area contributed by atoms with Gasteiger partial charge in [0.05, 0.1) is 10.4 Å². The number of aromatic nitrogens is 1. The lowest BCUT2D eigenvalue weighted by Gasteiger charge is -2.27. The molecule has 0 unspecified atom stereocenters. The molecule has 2 aromatic rings. The number of fused-ring (bicyclic) bond motifs is 1. The number of nitrogens with zero attached hydrogens (tertiary/aromatic N) is 2. The molecule has 2 N–H and O–H groups in total. The summed E-state index contributed by atoms with van der Waals surface area (Å²) in [5.41, 5.74) is 6.70. The molecule has 112 valence electrons. The summed E-state index contributed by atoms with van der Waals surface area (Å²) in [6, 6.07) is 1.86. The van der Waals surface area contributed by atoms with Crippen molar-refractivity contribution in [1.29, 1.82) is 0 Å². The van der Waals surface area contributed by atoms with Crippen LogP contribution in [-0.4, -0.2) is 42.6 Å². The van der Waals surface area contributed by atoms with Crippen molar-refractivity contribution in [2.24, 2.45) is 5.92 Å². The molecule has 1 amide bonds. The first kappa shape index (κ1) is 14.3. The minimum Gasteiger partial charge on any atom is -0.397 e. The van der Waals surface area contributed by atoms with E-state index in [0.29, 0.717) is 16.5 Å². The number of thiophene rings is 1. The Bertz CT molecular complexity index is 649. The molecule has 0 radical (unpaired) electrons. The fraction of sp³-hybridized carbons (Fsp3) is 0.467. The highest BCUT2D eigenvalue weighted by atomic mass is 32.1. The summed E-state index contributed by atoms with van der Waals surface area (Å²) in [5.74, 6) is 0.519. The normalized spacial score (nSPS) is 16.2. The number of anilines is 1. The number of hydrogen-bond donors (Lipinski definition) is 1. The summed E-state index contributed by atoms with van der Waals surface area (Å²) in [4.78, 5) is 19.1. The number of carbonyl (C=O) groups excluding carboxylic acids is 1. The topological polar surface area (TPSA) is 68.5 Å². The third-order valence-electron chi connectivity index (χ3n) is 3.95. The van der Waals surface area contributed by atoms with Gasteiger partial charge in [-0.3, -0.25) is 9.78 Å². The summed E-state index contributed by atoms with van der Waals surface area (Å²) in [5, 5.41) is 0.915. The number of carbonyl (C=O) groups is 1. The molecular formula is C15H19N3O2S. The smallest absolute Gasteiger partial charge is 0.265 e. The third-order valence-corrected chi connectivity index (χ3v) is 5.09. The summed E-state index contributed by atoms with van der Waals surface area (Å²) < 4.78 is 6.31. The molecule has 0 aromatic carbocycles. The van der Waals surface area contributed by atoms with E-state index in [-0.39, 0.29) is 5.91 Å². The molecule has 1 aliphatic heterocycles. The van der Waals surface area contributed by atoms with Crippen molar-refractivity contribution in [3.05, 3.63) is 23.3 Å². The van der Waals surface area contributed by atoms with Gasteiger partial charge in [0.2, 0.25) is 0 Å². The molecule has 3 heterocycles. The van der Waals surface area contributed by atoms with Gasteiger partial charge in [-0.15, -0.1) is 11.3 Å². The van der Waals surface area contributed by atoms with Gasteiger partial charge in [-0.25, -0.2) is 0 Å². The highest BCUT2D eigenvalue weighted by molar-refractivity contribution is 7.21. The number of amides is 1. The first-order valence-corrected chi connectivity index (χ1v) is 7.93. The minimum absolute atomic E-state index is 0.000178. The maximum absolute atomic E-state index is 12.6. The van der Waals surface area contributed by atoms with Crippen LogP contribution in [0.15, 0.2) is 18.5 Å². The number of nitrogens with two attached hydrogens (primary N) is 1. The first-order chi connectivity index (χ1) is 10.2. The van der Waals surface area contributed by atoms with Crippen LogP contribution in [0.4, 0.5) is 5.69 Å². The fourth-order valence-electron chi connectivity index (χ4n) is 2.70. The molecule has 21 heavy (non-hydrogen) atoms. The Morgan fingerprint density at radius 1 is 1.52 bits per heavy atom. The van der Waals surface area contributed by atoms with Gasteiger partial charge >= 0.3 is 0 Å². The van der Waals surface area contributed by atoms with E-state index in [1.54, 1.807) is 17.3 Å². The van der Waals surface area contributed by atoms with Gasteiger partial charge in [0, 0.05) is 44.6 Å². The van der Waals surface area contributed by atoms with Gasteiger partial charge in [-0.2, -0.15) is 0 Å². The Labute approximate surface area is 127 Å². The average molecular weight is 305 g/mol. The Morgan fingerprint density at radius 2 is 2.29 bits per heavy atom. The van der Waals surface area contributed by atoms with Crippen molar-refractivity contribution in [2.45, 2.75) is 12.8 Å². The van der Waals surface area contributed by atoms with E-state index in [1.165, 1.54) is 11.3 Å². The van der Waals surface area contributed by atoms with Crippen molar-refractivity contribution < 1.29 is 9.53 Å². The lowest BCUT2D eigenvalue weighted by Crippen LogP contribution is -2.34. The van der Waals surface area contributed by atoms with Crippen LogP contribution in [0.1, 0.15) is 22.5 Å². The number of pyridine rings is 1. The molecule has 2 aromatic heterocycles. The van der Waals surface area contributed by atoms with Crippen LogP contribution >= 0.6 is 11.3 Å². The van der Waals surface area contributed by atoms with Crippen LogP contribution < -0.4 is 5.73 Å². The average Bonchev–Trinajstić information content (AvgIpc) is 2.85. The van der Waals surface area contributed by atoms with E-state index in [9.17, 15) is 4.79 Å². The van der Waals surface area contributed by atoms with Crippen molar-refractivity contribution in [2.75, 3.05) is 32.5 Å². The summed E-state index contributed by atoms with van der Waals surface area (Å²) in [6.07, 6.45) is 5.49. The fourth-order valence-corrected chi connectivity index (χ4v) is 3.79. The number of hydrogen-bond acceptors (Lipinski definition) is 5. The lowest BCUT2D eigenvalue weighted by atomic mass is 10.00. The van der Waals surface area contributed by atoms with E-state index < -0.39 is 0 Å². The van der Waals surface area contributed by atoms with Crippen molar-refractivity contribution in [3.63, 3.8) is 0 Å². The van der Waals surface area contributed by atoms with Crippen LogP contribution in [0.25, 0.3) is 10.1 Å². The van der Waals surface area contributed by atoms with Gasteiger partial charge in [0.1, 0.15) is 4.88 Å². The maximum Gasteiger partial charge on any atom is 0.265 e. The SMILES string of the molecule is CN(CC1CCOCC1)C(=O)c1sc2cnccc2c1N. The van der Waals surface area contributed by atoms with Gasteiger partial charge in [-0.05, 0) is 24.8 Å². The molecule has 0 aliphatic carbocycles. The van der Waals surface area contributed by atoms with Crippen LogP contribution in [0.3, 0.4) is 0 Å². The molecule has 1 saturated heterocycles. The molecule has 0 spiro atoms. The van der Waals surface area contributed by atoms with Crippen LogP contribution in [0.5, 0.6) is 0 Å². The Hall–Kier alpha value is -1.66. The molecule has 1 fully saturated rings. The van der Waals surface area contributed by atoms with Gasteiger partial charge in [-0.1, -0.05) is 0 Å². The Balaban J connectivity index is 1.77. The maximum atomic E-state index is 12.6. The second-order valence-electron chi connectivity index (χ2n) is 5.46. The second kappa shape index (κ2) is 5.99. The van der Waals surface area contributed by atoms with E-state index in [0.717, 1.165) is 42.7 Å². The Kier molecular flexibility index (Phi) is 4.07. The number of nitrogen functional groups attached to an aromatic ring is 1. The quantitative estimate of drug-likeness (QED) is 0.945. The summed E-state index contributed by atoms with van der Waals surface area (Å²) in [7, 11) is 1.85. The van der Waals surface area contributed by atoms with Crippen molar-refractivity contribution in [3.8, 4) is 0 Å². The molecule has 6 heteroatoms. The largest absolute Gasteiger partial charge is 0.397 e. The molecule has 0 bridgehead atoms. The number of ether oxygens (including phenoxy) is 1. The summed E-state index contributed by atoms with van der Waals surface area (Å²) >= 11 is 1.42. The summed E-state index contributed by atoms with van der Waals surface area (Å²) in [6.45, 7) is 2.35. The second-order valence-corrected chi connectivity index (χ2v) is 6.51. The standard InChI is InChI=1S/C15H19N3O2S/c1-18(9-10-3-6-20-7-4-10)15(19)14-13(16)11-2-5-17-8-12(11)21-14/h2,5,8,10H,3-4,6-7,9,16H2,1H3. The van der Waals surface area contributed by atoms with Crippen LogP contribution in [-0.2, 0) is 4.74 Å². The number of rotatable bonds is 3. The van der Waals surface area contributed by atoms with Gasteiger partial charge < -0.3 is 15.4 Å². The Morgan fingerprint density at radius 3 is 3.00 bits per heavy atom. The zero-order chi connectivity index (χ0) is 14.8. The highest BCUT2D eigenvalue weighted by Gasteiger charge is 2.23. The monoisotopic (exact) mass is 305 g/mol. The lowest BCUT2D eigenvalue weighted by molar-refractivity contribution is 0.0499. The molecule has 3 rings (SSSR count). The minimum atomic E-state index is 0.000178. The van der Waals surface area contributed by atoms with E-state index in [4.69, 9.17) is 10.5 Å². The molecule has 0 atom stereocenters.